The first-order chi connectivity index (χ1) is 11.6. The summed E-state index contributed by atoms with van der Waals surface area (Å²) in [6, 6.07) is 12.2. The van der Waals surface area contributed by atoms with Crippen molar-refractivity contribution in [3.63, 3.8) is 0 Å². The van der Waals surface area contributed by atoms with E-state index in [1.54, 1.807) is 12.1 Å². The minimum absolute atomic E-state index is 0.181. The second kappa shape index (κ2) is 7.06. The Morgan fingerprint density at radius 3 is 2.83 bits per heavy atom. The Morgan fingerprint density at radius 1 is 1.33 bits per heavy atom. The highest BCUT2D eigenvalue weighted by molar-refractivity contribution is 9.10. The maximum absolute atomic E-state index is 13.8. The zero-order valence-corrected chi connectivity index (χ0v) is 14.9. The molecule has 3 aromatic rings. The molecule has 0 unspecified atom stereocenters. The first kappa shape index (κ1) is 16.5. The van der Waals surface area contributed by atoms with Gasteiger partial charge in [-0.15, -0.1) is 0 Å². The Labute approximate surface area is 150 Å². The van der Waals surface area contributed by atoms with E-state index in [1.165, 1.54) is 24.1 Å². The van der Waals surface area contributed by atoms with E-state index >= 15 is 0 Å². The third-order valence-electron chi connectivity index (χ3n) is 3.26. The Morgan fingerprint density at radius 2 is 2.12 bits per heavy atom. The van der Waals surface area contributed by atoms with E-state index in [1.807, 2.05) is 24.3 Å². The largest absolute Gasteiger partial charge is 0.494 e. The summed E-state index contributed by atoms with van der Waals surface area (Å²) >= 11 is 8.70. The van der Waals surface area contributed by atoms with Gasteiger partial charge in [0.25, 0.3) is 0 Å². The molecule has 2 aromatic carbocycles. The van der Waals surface area contributed by atoms with Gasteiger partial charge >= 0.3 is 0 Å². The number of nitrogens with zero attached hydrogens (tertiary/aromatic N) is 3. The fourth-order valence-corrected chi connectivity index (χ4v) is 2.74. The van der Waals surface area contributed by atoms with Crippen LogP contribution in [0.4, 0.5) is 4.39 Å². The third kappa shape index (κ3) is 3.29. The van der Waals surface area contributed by atoms with Gasteiger partial charge in [-0.2, -0.15) is 14.9 Å². The molecule has 0 amide bonds. The topological polar surface area (TPSA) is 55.2 Å². The van der Waals surface area contributed by atoms with Gasteiger partial charge in [-0.1, -0.05) is 28.1 Å². The maximum atomic E-state index is 13.8. The Hall–Kier alpha value is -2.32. The van der Waals surface area contributed by atoms with E-state index in [4.69, 9.17) is 17.0 Å². The van der Waals surface area contributed by atoms with Crippen LogP contribution in [0.5, 0.6) is 5.75 Å². The van der Waals surface area contributed by atoms with Crippen LogP contribution in [0.1, 0.15) is 5.56 Å². The fourth-order valence-electron chi connectivity index (χ4n) is 2.10. The lowest BCUT2D eigenvalue weighted by atomic mass is 10.2. The third-order valence-corrected chi connectivity index (χ3v) is 4.22. The lowest BCUT2D eigenvalue weighted by Gasteiger charge is -2.04. The molecule has 5 nitrogen and oxygen atoms in total. The lowest BCUT2D eigenvalue weighted by molar-refractivity contribution is 0.386. The number of halogens is 2. The van der Waals surface area contributed by atoms with Crippen molar-refractivity contribution in [2.45, 2.75) is 0 Å². The van der Waals surface area contributed by atoms with Crippen LogP contribution in [-0.4, -0.2) is 28.2 Å². The smallest absolute Gasteiger partial charge is 0.216 e. The van der Waals surface area contributed by atoms with Crippen molar-refractivity contribution in [1.29, 1.82) is 0 Å². The van der Waals surface area contributed by atoms with Crippen molar-refractivity contribution in [2.75, 3.05) is 7.11 Å². The van der Waals surface area contributed by atoms with E-state index in [9.17, 15) is 4.39 Å². The highest BCUT2D eigenvalue weighted by Crippen LogP contribution is 2.26. The molecule has 122 valence electrons. The average molecular weight is 407 g/mol. The molecule has 0 saturated carbocycles. The minimum Gasteiger partial charge on any atom is -0.494 e. The van der Waals surface area contributed by atoms with Gasteiger partial charge in [-0.25, -0.2) is 9.49 Å². The predicted molar refractivity (Wildman–Crippen MR) is 96.5 cm³/mol. The van der Waals surface area contributed by atoms with Crippen molar-refractivity contribution in [3.05, 3.63) is 63.1 Å². The van der Waals surface area contributed by atoms with Gasteiger partial charge < -0.3 is 4.74 Å². The second-order valence-corrected chi connectivity index (χ2v) is 6.02. The number of hydrogen-bond donors (Lipinski definition) is 1. The van der Waals surface area contributed by atoms with Crippen molar-refractivity contribution in [3.8, 4) is 17.1 Å². The molecular weight excluding hydrogens is 395 g/mol. The number of H-pyrrole nitrogens is 1. The van der Waals surface area contributed by atoms with E-state index in [2.05, 4.69) is 31.2 Å². The minimum atomic E-state index is -0.455. The number of rotatable bonds is 4. The molecule has 1 heterocycles. The van der Waals surface area contributed by atoms with Crippen LogP contribution in [0.3, 0.4) is 0 Å². The molecule has 0 aliphatic heterocycles. The standard InChI is InChI=1S/C16H12BrFN4OS/c1-23-14-7-6-10(8-13(14)18)9-19-22-15(20-21-16(22)24)11-4-2-3-5-12(11)17/h2-9H,1H3,(H,21,24)/b19-9-. The molecule has 24 heavy (non-hydrogen) atoms. The number of hydrogen-bond acceptors (Lipinski definition) is 4. The van der Waals surface area contributed by atoms with Crippen LogP contribution in [0, 0.1) is 10.6 Å². The van der Waals surface area contributed by atoms with Crippen molar-refractivity contribution >= 4 is 34.4 Å². The number of methoxy groups -OCH3 is 1. The van der Waals surface area contributed by atoms with E-state index in [0.717, 1.165) is 10.0 Å². The Balaban J connectivity index is 1.99. The maximum Gasteiger partial charge on any atom is 0.216 e. The van der Waals surface area contributed by atoms with Gasteiger partial charge in [-0.05, 0) is 48.1 Å². The molecule has 8 heteroatoms. The second-order valence-electron chi connectivity index (χ2n) is 4.78. The molecule has 0 radical (unpaired) electrons. The van der Waals surface area contributed by atoms with Gasteiger partial charge in [0.15, 0.2) is 17.4 Å². The van der Waals surface area contributed by atoms with Crippen LogP contribution < -0.4 is 4.74 Å². The molecule has 0 bridgehead atoms. The van der Waals surface area contributed by atoms with Gasteiger partial charge in [0.2, 0.25) is 4.77 Å². The highest BCUT2D eigenvalue weighted by atomic mass is 79.9. The van der Waals surface area contributed by atoms with E-state index < -0.39 is 5.82 Å². The zero-order chi connectivity index (χ0) is 17.1. The normalized spacial score (nSPS) is 11.1. The van der Waals surface area contributed by atoms with E-state index in [0.29, 0.717) is 16.2 Å². The highest BCUT2D eigenvalue weighted by Gasteiger charge is 2.11. The molecule has 0 fully saturated rings. The summed E-state index contributed by atoms with van der Waals surface area (Å²) in [5.41, 5.74) is 1.41. The van der Waals surface area contributed by atoms with Gasteiger partial charge in [0, 0.05) is 10.0 Å². The first-order valence-electron chi connectivity index (χ1n) is 6.90. The van der Waals surface area contributed by atoms with Crippen LogP contribution in [0.25, 0.3) is 11.4 Å². The molecule has 0 spiro atoms. The summed E-state index contributed by atoms with van der Waals surface area (Å²) in [6.07, 6.45) is 1.51. The van der Waals surface area contributed by atoms with Gasteiger partial charge in [0.1, 0.15) is 0 Å². The van der Waals surface area contributed by atoms with Crippen molar-refractivity contribution < 1.29 is 9.13 Å². The molecule has 0 atom stereocenters. The van der Waals surface area contributed by atoms with Crippen LogP contribution >= 0.6 is 28.1 Å². The van der Waals surface area contributed by atoms with Crippen LogP contribution in [0.2, 0.25) is 0 Å². The molecular formula is C16H12BrFN4OS. The molecule has 0 saturated heterocycles. The van der Waals surface area contributed by atoms with Crippen LogP contribution in [0.15, 0.2) is 52.0 Å². The van der Waals surface area contributed by atoms with Gasteiger partial charge in [0.05, 0.1) is 13.3 Å². The predicted octanol–water partition coefficient (Wildman–Crippen LogP) is 4.40. The molecule has 1 aromatic heterocycles. The Bertz CT molecular complexity index is 967. The number of benzene rings is 2. The number of aromatic amines is 1. The summed E-state index contributed by atoms with van der Waals surface area (Å²) in [5.74, 6) is 0.280. The zero-order valence-electron chi connectivity index (χ0n) is 12.5. The molecule has 0 aliphatic rings. The summed E-state index contributed by atoms with van der Waals surface area (Å²) in [5, 5.41) is 11.2. The van der Waals surface area contributed by atoms with Crippen molar-refractivity contribution in [1.82, 2.24) is 14.9 Å². The quantitative estimate of drug-likeness (QED) is 0.515. The first-order valence-corrected chi connectivity index (χ1v) is 8.10. The summed E-state index contributed by atoms with van der Waals surface area (Å²) < 4.78 is 21.3. The SMILES string of the molecule is COc1ccc(/C=N\n2c(-c3ccccc3Br)n[nH]c2=S)cc1F. The summed E-state index contributed by atoms with van der Waals surface area (Å²) in [7, 11) is 1.42. The van der Waals surface area contributed by atoms with E-state index in [-0.39, 0.29) is 5.75 Å². The van der Waals surface area contributed by atoms with Gasteiger partial charge in [-0.3, -0.25) is 0 Å². The molecule has 0 aliphatic carbocycles. The fraction of sp³-hybridized carbons (Fsp3) is 0.0625. The average Bonchev–Trinajstić information content (AvgIpc) is 2.94. The molecule has 3 rings (SSSR count). The number of nitrogens with one attached hydrogen (secondary N) is 1. The molecule has 1 N–H and O–H groups in total. The number of aromatic nitrogens is 3. The summed E-state index contributed by atoms with van der Waals surface area (Å²) in [6.45, 7) is 0. The van der Waals surface area contributed by atoms with Crippen molar-refractivity contribution in [2.24, 2.45) is 5.10 Å². The Kier molecular flexibility index (Phi) is 4.86. The lowest BCUT2D eigenvalue weighted by Crippen LogP contribution is -1.96. The van der Waals surface area contributed by atoms with Crippen LogP contribution in [-0.2, 0) is 0 Å². The number of ether oxygens (including phenoxy) is 1. The summed E-state index contributed by atoms with van der Waals surface area (Å²) in [4.78, 5) is 0. The monoisotopic (exact) mass is 406 g/mol.